The van der Waals surface area contributed by atoms with Gasteiger partial charge in [0, 0.05) is 11.6 Å². The summed E-state index contributed by atoms with van der Waals surface area (Å²) in [7, 11) is 0. The number of carbonyl (C=O) groups excluding carboxylic acids is 1. The van der Waals surface area contributed by atoms with Crippen LogP contribution in [0.3, 0.4) is 0 Å². The normalized spacial score (nSPS) is 26.2. The second kappa shape index (κ2) is 10.2. The molecule has 0 saturated carbocycles. The Balaban J connectivity index is 0.000000221. The maximum absolute atomic E-state index is 12.1. The standard InChI is InChI=1S/C13H9NO3.C6H12O6/c15-13(10-6-2-1-3-7-10)11-8-4-5-9-12(11)14(16)17;7-1-2-3(8)4(9)5(10)6(11)12-2/h1-9H;2-11H,1H2/t;2-,3-,4+,5-,6-/m.1/s1. The zero-order valence-electron chi connectivity index (χ0n) is 15.1. The highest BCUT2D eigenvalue weighted by atomic mass is 16.6. The van der Waals surface area contributed by atoms with Crippen molar-refractivity contribution in [3.63, 3.8) is 0 Å². The number of aliphatic hydroxyl groups excluding tert-OH is 5. The van der Waals surface area contributed by atoms with Gasteiger partial charge in [0.15, 0.2) is 12.1 Å². The van der Waals surface area contributed by atoms with Gasteiger partial charge in [0.05, 0.1) is 11.5 Å². The summed E-state index contributed by atoms with van der Waals surface area (Å²) in [6.45, 7) is -0.526. The monoisotopic (exact) mass is 407 g/mol. The predicted octanol–water partition coefficient (Wildman–Crippen LogP) is -0.396. The molecule has 0 bridgehead atoms. The first-order valence-electron chi connectivity index (χ1n) is 8.59. The fourth-order valence-electron chi connectivity index (χ4n) is 2.65. The number of nitro benzene ring substituents is 1. The van der Waals surface area contributed by atoms with Crippen molar-refractivity contribution < 1.29 is 40.0 Å². The van der Waals surface area contributed by atoms with Crippen LogP contribution in [0, 0.1) is 10.1 Å². The fourth-order valence-corrected chi connectivity index (χ4v) is 2.65. The Morgan fingerprint density at radius 3 is 2.10 bits per heavy atom. The summed E-state index contributed by atoms with van der Waals surface area (Å²) < 4.78 is 4.58. The molecule has 10 heteroatoms. The minimum atomic E-state index is -1.57. The summed E-state index contributed by atoms with van der Waals surface area (Å²) in [6, 6.07) is 14.5. The predicted molar refractivity (Wildman–Crippen MR) is 99.0 cm³/mol. The molecule has 0 spiro atoms. The lowest BCUT2D eigenvalue weighted by Crippen LogP contribution is -2.58. The zero-order valence-corrected chi connectivity index (χ0v) is 15.1. The van der Waals surface area contributed by atoms with E-state index < -0.39 is 42.2 Å². The first-order chi connectivity index (χ1) is 13.8. The van der Waals surface area contributed by atoms with Crippen molar-refractivity contribution in [1.82, 2.24) is 0 Å². The molecule has 10 nitrogen and oxygen atoms in total. The van der Waals surface area contributed by atoms with E-state index in [1.54, 1.807) is 42.5 Å². The lowest BCUT2D eigenvalue weighted by molar-refractivity contribution is -0.385. The van der Waals surface area contributed by atoms with Crippen LogP contribution in [-0.2, 0) is 4.74 Å². The molecule has 0 amide bonds. The minimum Gasteiger partial charge on any atom is -0.394 e. The summed E-state index contributed by atoms with van der Waals surface area (Å²) in [6.07, 6.45) is -7.04. The van der Waals surface area contributed by atoms with Crippen molar-refractivity contribution in [2.24, 2.45) is 0 Å². The molecule has 156 valence electrons. The van der Waals surface area contributed by atoms with Gasteiger partial charge in [0.2, 0.25) is 0 Å². The number of carbonyl (C=O) groups is 1. The van der Waals surface area contributed by atoms with Crippen LogP contribution in [0.1, 0.15) is 15.9 Å². The quantitative estimate of drug-likeness (QED) is 0.257. The van der Waals surface area contributed by atoms with Crippen molar-refractivity contribution in [2.75, 3.05) is 6.61 Å². The third-order valence-corrected chi connectivity index (χ3v) is 4.25. The molecule has 0 aromatic heterocycles. The van der Waals surface area contributed by atoms with Crippen LogP contribution < -0.4 is 0 Å². The lowest BCUT2D eigenvalue weighted by atomic mass is 10.00. The second-order valence-corrected chi connectivity index (χ2v) is 6.19. The van der Waals surface area contributed by atoms with E-state index in [1.807, 2.05) is 0 Å². The van der Waals surface area contributed by atoms with E-state index in [-0.39, 0.29) is 17.0 Å². The number of nitrogens with zero attached hydrogens (tertiary/aromatic N) is 1. The summed E-state index contributed by atoms with van der Waals surface area (Å²) in [5, 5.41) is 55.5. The number of ether oxygens (including phenoxy) is 1. The van der Waals surface area contributed by atoms with Gasteiger partial charge in [-0.2, -0.15) is 0 Å². The van der Waals surface area contributed by atoms with Gasteiger partial charge in [-0.15, -0.1) is 0 Å². The molecule has 5 N–H and O–H groups in total. The van der Waals surface area contributed by atoms with Crippen LogP contribution in [0.15, 0.2) is 54.6 Å². The van der Waals surface area contributed by atoms with Crippen molar-refractivity contribution in [3.8, 4) is 0 Å². The highest BCUT2D eigenvalue weighted by molar-refractivity contribution is 6.11. The Morgan fingerprint density at radius 2 is 1.52 bits per heavy atom. The molecule has 1 fully saturated rings. The number of para-hydroxylation sites is 1. The SMILES string of the molecule is O=C(c1ccccc1)c1ccccc1[N+](=O)[O-].OC[C@H]1O[C@@H](O)[C@H](O)[C@@H](O)[C@@H]1O. The molecule has 2 aromatic rings. The van der Waals surface area contributed by atoms with Crippen molar-refractivity contribution in [1.29, 1.82) is 0 Å². The minimum absolute atomic E-state index is 0.115. The van der Waals surface area contributed by atoms with Crippen LogP contribution in [0.4, 0.5) is 5.69 Å². The summed E-state index contributed by atoms with van der Waals surface area (Å²) in [5.41, 5.74) is 0.395. The Bertz CT molecular complexity index is 825. The number of hydrogen-bond acceptors (Lipinski definition) is 9. The van der Waals surface area contributed by atoms with Gasteiger partial charge in [-0.3, -0.25) is 14.9 Å². The van der Waals surface area contributed by atoms with E-state index >= 15 is 0 Å². The molecule has 0 unspecified atom stereocenters. The molecule has 5 atom stereocenters. The summed E-state index contributed by atoms with van der Waals surface area (Å²) in [4.78, 5) is 22.3. The van der Waals surface area contributed by atoms with E-state index in [1.165, 1.54) is 12.1 Å². The van der Waals surface area contributed by atoms with Gasteiger partial charge >= 0.3 is 0 Å². The van der Waals surface area contributed by atoms with E-state index in [2.05, 4.69) is 4.74 Å². The van der Waals surface area contributed by atoms with Gasteiger partial charge in [0.1, 0.15) is 30.0 Å². The number of hydrogen-bond donors (Lipinski definition) is 5. The van der Waals surface area contributed by atoms with E-state index in [0.717, 1.165) is 0 Å². The molecule has 1 aliphatic rings. The van der Waals surface area contributed by atoms with Gasteiger partial charge < -0.3 is 30.3 Å². The lowest BCUT2D eigenvalue weighted by Gasteiger charge is -2.37. The number of aliphatic hydroxyl groups is 5. The third kappa shape index (κ3) is 5.41. The zero-order chi connectivity index (χ0) is 21.6. The fraction of sp³-hybridized carbons (Fsp3) is 0.316. The van der Waals surface area contributed by atoms with Gasteiger partial charge in [0.25, 0.3) is 5.69 Å². The second-order valence-electron chi connectivity index (χ2n) is 6.19. The van der Waals surface area contributed by atoms with Crippen molar-refractivity contribution >= 4 is 11.5 Å². The smallest absolute Gasteiger partial charge is 0.280 e. The van der Waals surface area contributed by atoms with Gasteiger partial charge in [-0.05, 0) is 6.07 Å². The number of nitro groups is 1. The largest absolute Gasteiger partial charge is 0.394 e. The third-order valence-electron chi connectivity index (χ3n) is 4.25. The number of rotatable bonds is 4. The van der Waals surface area contributed by atoms with Crippen molar-refractivity contribution in [3.05, 3.63) is 75.8 Å². The highest BCUT2D eigenvalue weighted by Crippen LogP contribution is 2.21. The highest BCUT2D eigenvalue weighted by Gasteiger charge is 2.42. The van der Waals surface area contributed by atoms with Crippen LogP contribution in [0.5, 0.6) is 0 Å². The average molecular weight is 407 g/mol. The van der Waals surface area contributed by atoms with Gasteiger partial charge in [-0.1, -0.05) is 42.5 Å². The van der Waals surface area contributed by atoms with Crippen LogP contribution >= 0.6 is 0 Å². The molecule has 0 radical (unpaired) electrons. The molecular weight excluding hydrogens is 386 g/mol. The Hall–Kier alpha value is -2.73. The molecule has 3 rings (SSSR count). The molecule has 2 aromatic carbocycles. The summed E-state index contributed by atoms with van der Waals surface area (Å²) in [5.74, 6) is -0.335. The van der Waals surface area contributed by atoms with E-state index in [9.17, 15) is 14.9 Å². The summed E-state index contributed by atoms with van der Waals surface area (Å²) >= 11 is 0. The maximum atomic E-state index is 12.1. The molecular formula is C19H21NO9. The Kier molecular flexibility index (Phi) is 7.91. The number of ketones is 1. The first kappa shape index (κ1) is 22.6. The first-order valence-corrected chi connectivity index (χ1v) is 8.59. The Labute approximate surface area is 165 Å². The molecule has 1 saturated heterocycles. The van der Waals surface area contributed by atoms with E-state index in [4.69, 9.17) is 25.5 Å². The van der Waals surface area contributed by atoms with E-state index in [0.29, 0.717) is 5.56 Å². The average Bonchev–Trinajstić information content (AvgIpc) is 2.75. The van der Waals surface area contributed by atoms with Gasteiger partial charge in [-0.25, -0.2) is 0 Å². The van der Waals surface area contributed by atoms with Crippen LogP contribution in [-0.4, -0.2) is 73.6 Å². The molecule has 0 aliphatic carbocycles. The van der Waals surface area contributed by atoms with Crippen molar-refractivity contribution in [2.45, 2.75) is 30.7 Å². The molecule has 29 heavy (non-hydrogen) atoms. The maximum Gasteiger partial charge on any atom is 0.280 e. The molecule has 1 heterocycles. The molecule has 1 aliphatic heterocycles. The topological polar surface area (TPSA) is 171 Å². The van der Waals surface area contributed by atoms with Crippen LogP contribution in [0.2, 0.25) is 0 Å². The number of benzene rings is 2. The Morgan fingerprint density at radius 1 is 0.931 bits per heavy atom. The van der Waals surface area contributed by atoms with Crippen LogP contribution in [0.25, 0.3) is 0 Å².